The minimum absolute atomic E-state index is 0.0412. The van der Waals surface area contributed by atoms with Crippen LogP contribution in [-0.2, 0) is 0 Å². The van der Waals surface area contributed by atoms with Crippen molar-refractivity contribution < 1.29 is 5.11 Å². The van der Waals surface area contributed by atoms with Gasteiger partial charge in [-0.3, -0.25) is 0 Å². The molecule has 24 heavy (non-hydrogen) atoms. The topological polar surface area (TPSA) is 44.0 Å². The van der Waals surface area contributed by atoms with Gasteiger partial charge in [-0.25, -0.2) is 0 Å². The molecule has 0 aromatic carbocycles. The Labute approximate surface area is 147 Å². The fraction of sp³-hybridized carbons (Fsp3) is 0.864. The van der Waals surface area contributed by atoms with Gasteiger partial charge in [-0.15, -0.1) is 0 Å². The highest BCUT2D eigenvalue weighted by atomic mass is 16.3. The van der Waals surface area contributed by atoms with Gasteiger partial charge in [0, 0.05) is 6.08 Å². The van der Waals surface area contributed by atoms with Crippen molar-refractivity contribution in [1.82, 2.24) is 0 Å². The summed E-state index contributed by atoms with van der Waals surface area (Å²) in [6, 6.07) is 2.21. The van der Waals surface area contributed by atoms with Gasteiger partial charge in [-0.2, -0.15) is 5.26 Å². The Morgan fingerprint density at radius 2 is 1.71 bits per heavy atom. The van der Waals surface area contributed by atoms with E-state index in [1.165, 1.54) is 44.9 Å². The quantitative estimate of drug-likeness (QED) is 0.682. The first-order chi connectivity index (χ1) is 11.5. The number of rotatable bonds is 1. The molecule has 132 valence electrons. The number of hydrogen-bond acceptors (Lipinski definition) is 2. The normalized spacial score (nSPS) is 53.9. The van der Waals surface area contributed by atoms with Gasteiger partial charge in [0.1, 0.15) is 0 Å². The molecule has 4 aliphatic carbocycles. The van der Waals surface area contributed by atoms with Crippen molar-refractivity contribution >= 4 is 0 Å². The lowest BCUT2D eigenvalue weighted by atomic mass is 9.44. The van der Waals surface area contributed by atoms with E-state index in [-0.39, 0.29) is 6.10 Å². The molecular weight excluding hydrogens is 294 g/mol. The van der Waals surface area contributed by atoms with Crippen LogP contribution in [0.3, 0.4) is 0 Å². The Kier molecular flexibility index (Phi) is 4.07. The Balaban J connectivity index is 1.59. The van der Waals surface area contributed by atoms with E-state index in [0.717, 1.165) is 36.5 Å². The number of fused-ring (bicyclic) bond motifs is 5. The van der Waals surface area contributed by atoms with Crippen LogP contribution in [0, 0.1) is 51.8 Å². The molecule has 0 aromatic heterocycles. The molecule has 0 unspecified atom stereocenters. The molecule has 0 heterocycles. The van der Waals surface area contributed by atoms with Crippen LogP contribution in [0.5, 0.6) is 0 Å². The van der Waals surface area contributed by atoms with Crippen LogP contribution < -0.4 is 0 Å². The molecule has 8 atom stereocenters. The molecule has 0 spiro atoms. The molecule has 0 aromatic rings. The molecule has 0 amide bonds. The molecule has 0 radical (unpaired) electrons. The van der Waals surface area contributed by atoms with E-state index in [0.29, 0.717) is 16.7 Å². The minimum atomic E-state index is -0.0412. The zero-order chi connectivity index (χ0) is 16.9. The fourth-order valence-electron chi connectivity index (χ4n) is 7.75. The zero-order valence-corrected chi connectivity index (χ0v) is 15.4. The third-order valence-electron chi connectivity index (χ3n) is 9.11. The van der Waals surface area contributed by atoms with Crippen LogP contribution in [0.1, 0.15) is 71.6 Å². The molecule has 0 aliphatic heterocycles. The van der Waals surface area contributed by atoms with Crippen LogP contribution in [-0.4, -0.2) is 11.2 Å². The van der Waals surface area contributed by atoms with E-state index in [1.807, 2.05) is 0 Å². The maximum absolute atomic E-state index is 10.1. The summed E-state index contributed by atoms with van der Waals surface area (Å²) in [7, 11) is 0. The lowest BCUT2D eigenvalue weighted by molar-refractivity contribution is -0.124. The smallest absolute Gasteiger partial charge is 0.0908 e. The lowest BCUT2D eigenvalue weighted by Gasteiger charge is -2.60. The summed E-state index contributed by atoms with van der Waals surface area (Å²) < 4.78 is 0. The summed E-state index contributed by atoms with van der Waals surface area (Å²) in [5.41, 5.74) is 0.899. The maximum atomic E-state index is 10.1. The van der Waals surface area contributed by atoms with Crippen LogP contribution in [0.2, 0.25) is 0 Å². The van der Waals surface area contributed by atoms with Crippen molar-refractivity contribution in [3.8, 4) is 6.07 Å². The molecule has 0 saturated heterocycles. The summed E-state index contributed by atoms with van der Waals surface area (Å²) in [6.45, 7) is 5.08. The maximum Gasteiger partial charge on any atom is 0.0908 e. The van der Waals surface area contributed by atoms with Crippen molar-refractivity contribution in [3.63, 3.8) is 0 Å². The summed E-state index contributed by atoms with van der Waals surface area (Å²) in [5.74, 6) is 3.99. The predicted molar refractivity (Wildman–Crippen MR) is 96.0 cm³/mol. The molecule has 4 aliphatic rings. The molecule has 4 rings (SSSR count). The van der Waals surface area contributed by atoms with E-state index in [1.54, 1.807) is 6.08 Å². The average Bonchev–Trinajstić information content (AvgIpc) is 2.90. The van der Waals surface area contributed by atoms with E-state index in [9.17, 15) is 5.11 Å². The number of nitrogens with zero attached hydrogens (tertiary/aromatic N) is 1. The predicted octanol–water partition coefficient (Wildman–Crippen LogP) is 5.09. The number of aliphatic hydroxyl groups is 1. The van der Waals surface area contributed by atoms with Gasteiger partial charge in [0.05, 0.1) is 12.2 Å². The molecular formula is C22H33NO. The lowest BCUT2D eigenvalue weighted by Crippen LogP contribution is -2.53. The van der Waals surface area contributed by atoms with Gasteiger partial charge >= 0.3 is 0 Å². The molecule has 4 fully saturated rings. The second-order valence-electron chi connectivity index (χ2n) is 9.80. The SMILES string of the molecule is C[C@]12CC[C@@H](O)C[C@H]1CC[C@@H]1[C@@H]2CC[C@]2(C)[C@@H](/C=C/C#N)CC[C@@H]12. The first kappa shape index (κ1) is 16.6. The first-order valence-corrected chi connectivity index (χ1v) is 10.2. The van der Waals surface area contributed by atoms with Crippen molar-refractivity contribution in [2.24, 2.45) is 40.4 Å². The molecule has 0 bridgehead atoms. The van der Waals surface area contributed by atoms with E-state index in [4.69, 9.17) is 5.26 Å². The molecule has 2 heteroatoms. The second kappa shape index (κ2) is 5.87. The molecule has 2 nitrogen and oxygen atoms in total. The highest BCUT2D eigenvalue weighted by molar-refractivity contribution is 5.14. The van der Waals surface area contributed by atoms with Crippen molar-refractivity contribution in [2.75, 3.05) is 0 Å². The zero-order valence-electron chi connectivity index (χ0n) is 15.4. The number of aliphatic hydroxyl groups excluding tert-OH is 1. The van der Waals surface area contributed by atoms with Gasteiger partial charge in [-0.05, 0) is 98.2 Å². The van der Waals surface area contributed by atoms with Gasteiger partial charge < -0.3 is 5.11 Å². The van der Waals surface area contributed by atoms with Crippen LogP contribution in [0.25, 0.3) is 0 Å². The van der Waals surface area contributed by atoms with Gasteiger partial charge in [-0.1, -0.05) is 19.9 Å². The van der Waals surface area contributed by atoms with Crippen LogP contribution >= 0.6 is 0 Å². The van der Waals surface area contributed by atoms with Crippen molar-refractivity contribution in [3.05, 3.63) is 12.2 Å². The van der Waals surface area contributed by atoms with Crippen molar-refractivity contribution in [1.29, 1.82) is 5.26 Å². The molecule has 1 N–H and O–H groups in total. The van der Waals surface area contributed by atoms with Crippen LogP contribution in [0.4, 0.5) is 0 Å². The molecule has 4 saturated carbocycles. The largest absolute Gasteiger partial charge is 0.393 e. The van der Waals surface area contributed by atoms with E-state index >= 15 is 0 Å². The summed E-state index contributed by atoms with van der Waals surface area (Å²) in [4.78, 5) is 0. The standard InChI is InChI=1S/C22H33NO/c1-21-12-10-20-18(19(21)8-6-15(21)4-3-13-23)7-5-16-14-17(24)9-11-22(16,20)2/h3-4,15-20,24H,5-12,14H2,1-2H3/b4-3+/t15-,16+,17+,18-,19-,20-,21+,22-/m0/s1. The van der Waals surface area contributed by atoms with Crippen molar-refractivity contribution in [2.45, 2.75) is 77.7 Å². The highest BCUT2D eigenvalue weighted by Gasteiger charge is 2.59. The van der Waals surface area contributed by atoms with E-state index in [2.05, 4.69) is 26.0 Å². The summed E-state index contributed by atoms with van der Waals surface area (Å²) in [5, 5.41) is 19.1. The third kappa shape index (κ3) is 2.31. The third-order valence-corrected chi connectivity index (χ3v) is 9.11. The Morgan fingerprint density at radius 3 is 2.50 bits per heavy atom. The monoisotopic (exact) mass is 327 g/mol. The summed E-state index contributed by atoms with van der Waals surface area (Å²) in [6.07, 6.45) is 15.3. The number of allylic oxidation sites excluding steroid dienone is 2. The number of nitriles is 1. The Hall–Kier alpha value is -0.810. The second-order valence-corrected chi connectivity index (χ2v) is 9.80. The van der Waals surface area contributed by atoms with Gasteiger partial charge in [0.25, 0.3) is 0 Å². The Morgan fingerprint density at radius 1 is 0.958 bits per heavy atom. The summed E-state index contributed by atoms with van der Waals surface area (Å²) >= 11 is 0. The van der Waals surface area contributed by atoms with Crippen LogP contribution in [0.15, 0.2) is 12.2 Å². The minimum Gasteiger partial charge on any atom is -0.393 e. The highest BCUT2D eigenvalue weighted by Crippen LogP contribution is 2.67. The number of hydrogen-bond donors (Lipinski definition) is 1. The fourth-order valence-corrected chi connectivity index (χ4v) is 7.75. The van der Waals surface area contributed by atoms with E-state index < -0.39 is 0 Å². The Bertz CT molecular complexity index is 563. The van der Waals surface area contributed by atoms with Gasteiger partial charge in [0.15, 0.2) is 0 Å². The van der Waals surface area contributed by atoms with Gasteiger partial charge in [0.2, 0.25) is 0 Å². The average molecular weight is 328 g/mol. The first-order valence-electron chi connectivity index (χ1n) is 10.2.